The highest BCUT2D eigenvalue weighted by Crippen LogP contribution is 2.40. The predicted octanol–water partition coefficient (Wildman–Crippen LogP) is 5.90. The average molecular weight is 448 g/mol. The molecule has 5 nitrogen and oxygen atoms in total. The summed E-state index contributed by atoms with van der Waals surface area (Å²) in [5.41, 5.74) is 0.944. The number of hydrogen-bond donors (Lipinski definition) is 0. The van der Waals surface area contributed by atoms with Crippen LogP contribution in [-0.2, 0) is 19.8 Å². The third-order valence-corrected chi connectivity index (χ3v) is 4.98. The maximum atomic E-state index is 13.8. The van der Waals surface area contributed by atoms with Crippen molar-refractivity contribution in [3.63, 3.8) is 0 Å². The van der Waals surface area contributed by atoms with Crippen LogP contribution in [0.25, 0.3) is 22.3 Å². The summed E-state index contributed by atoms with van der Waals surface area (Å²) in [7, 11) is 3.31. The second-order valence-electron chi connectivity index (χ2n) is 6.85. The molecule has 0 radical (unpaired) electrons. The lowest BCUT2D eigenvalue weighted by atomic mass is 10.0. The molecule has 31 heavy (non-hydrogen) atoms. The molecule has 0 amide bonds. The highest BCUT2D eigenvalue weighted by Gasteiger charge is 2.35. The van der Waals surface area contributed by atoms with E-state index < -0.39 is 11.7 Å². The van der Waals surface area contributed by atoms with Crippen LogP contribution in [0, 0.1) is 0 Å². The normalized spacial score (nSPS) is 11.7. The molecule has 2 aromatic heterocycles. The van der Waals surface area contributed by atoms with E-state index in [0.717, 1.165) is 6.07 Å². The van der Waals surface area contributed by atoms with Crippen molar-refractivity contribution in [2.75, 3.05) is 7.11 Å². The molecule has 0 fully saturated rings. The third-order valence-electron chi connectivity index (χ3n) is 4.81. The number of methoxy groups -OCH3 is 1. The molecule has 0 atom stereocenters. The number of fused-ring (bicyclic) bond motifs is 1. The fraction of sp³-hybridized carbons (Fsp3) is 0.182. The van der Waals surface area contributed by atoms with E-state index in [1.807, 2.05) is 0 Å². The molecule has 0 saturated heterocycles. The Hall–Kier alpha value is -3.26. The average Bonchev–Trinajstić information content (AvgIpc) is 3.12. The van der Waals surface area contributed by atoms with E-state index in [9.17, 15) is 13.2 Å². The van der Waals surface area contributed by atoms with Crippen molar-refractivity contribution in [2.24, 2.45) is 7.05 Å². The number of halogens is 4. The molecule has 0 unspecified atom stereocenters. The minimum Gasteiger partial charge on any atom is -0.497 e. The van der Waals surface area contributed by atoms with Crippen LogP contribution in [0.2, 0.25) is 5.28 Å². The molecule has 0 spiro atoms. The molecule has 2 aromatic carbocycles. The zero-order valence-corrected chi connectivity index (χ0v) is 17.3. The van der Waals surface area contributed by atoms with Gasteiger partial charge in [-0.1, -0.05) is 12.1 Å². The lowest BCUT2D eigenvalue weighted by Crippen LogP contribution is -2.09. The van der Waals surface area contributed by atoms with E-state index in [1.165, 1.54) is 19.2 Å². The van der Waals surface area contributed by atoms with Gasteiger partial charge in [0.2, 0.25) is 5.28 Å². The Bertz CT molecular complexity index is 1240. The standard InChI is InChI=1S/C22H17ClF3N3O2/c1-29-10-9-16-19(27-21(23)28-20(16)29)14-5-8-18(17(11-14)22(24,25)26)31-12-13-3-6-15(30-2)7-4-13/h3-11H,12H2,1-2H3. The number of ether oxygens (including phenoxy) is 2. The van der Waals surface area contributed by atoms with Crippen LogP contribution < -0.4 is 9.47 Å². The molecule has 4 rings (SSSR count). The van der Waals surface area contributed by atoms with Crippen LogP contribution in [0.5, 0.6) is 11.5 Å². The molecule has 9 heteroatoms. The van der Waals surface area contributed by atoms with Gasteiger partial charge >= 0.3 is 6.18 Å². The number of hydrogen-bond acceptors (Lipinski definition) is 4. The molecular formula is C22H17ClF3N3O2. The minimum absolute atomic E-state index is 0.0192. The van der Waals surface area contributed by atoms with Crippen LogP contribution in [0.4, 0.5) is 13.2 Å². The quantitative estimate of drug-likeness (QED) is 0.358. The largest absolute Gasteiger partial charge is 0.497 e. The molecule has 2 heterocycles. The zero-order valence-electron chi connectivity index (χ0n) is 16.6. The van der Waals surface area contributed by atoms with E-state index in [1.54, 1.807) is 48.1 Å². The van der Waals surface area contributed by atoms with Gasteiger partial charge in [0.25, 0.3) is 0 Å². The van der Waals surface area contributed by atoms with E-state index in [0.29, 0.717) is 28.0 Å². The molecular weight excluding hydrogens is 431 g/mol. The molecule has 0 aliphatic carbocycles. The van der Waals surface area contributed by atoms with Crippen molar-refractivity contribution >= 4 is 22.6 Å². The van der Waals surface area contributed by atoms with Crippen LogP contribution in [-0.4, -0.2) is 21.6 Å². The van der Waals surface area contributed by atoms with Gasteiger partial charge in [0, 0.05) is 24.2 Å². The van der Waals surface area contributed by atoms with Crippen molar-refractivity contribution < 1.29 is 22.6 Å². The van der Waals surface area contributed by atoms with Gasteiger partial charge in [-0.3, -0.25) is 0 Å². The van der Waals surface area contributed by atoms with Gasteiger partial charge < -0.3 is 14.0 Å². The number of rotatable bonds is 5. The molecule has 4 aromatic rings. The van der Waals surface area contributed by atoms with Crippen LogP contribution in [0.1, 0.15) is 11.1 Å². The maximum Gasteiger partial charge on any atom is 0.419 e. The fourth-order valence-corrected chi connectivity index (χ4v) is 3.40. The number of benzene rings is 2. The van der Waals surface area contributed by atoms with Gasteiger partial charge in [-0.05, 0) is 53.6 Å². The topological polar surface area (TPSA) is 49.2 Å². The summed E-state index contributed by atoms with van der Waals surface area (Å²) in [4.78, 5) is 8.32. The summed E-state index contributed by atoms with van der Waals surface area (Å²) in [6.45, 7) is -0.0192. The van der Waals surface area contributed by atoms with E-state index >= 15 is 0 Å². The second kappa shape index (κ2) is 8.11. The van der Waals surface area contributed by atoms with Gasteiger partial charge in [0.05, 0.1) is 18.4 Å². The van der Waals surface area contributed by atoms with E-state index in [2.05, 4.69) is 9.97 Å². The fourth-order valence-electron chi connectivity index (χ4n) is 3.24. The Morgan fingerprint density at radius 3 is 2.45 bits per heavy atom. The molecule has 160 valence electrons. The summed E-state index contributed by atoms with van der Waals surface area (Å²) in [5.74, 6) is 0.386. The Labute approximate surface area is 181 Å². The van der Waals surface area contributed by atoms with Crippen LogP contribution in [0.15, 0.2) is 54.7 Å². The number of aryl methyl sites for hydroxylation is 1. The SMILES string of the molecule is COc1ccc(COc2ccc(-c3nc(Cl)nc4c3ccn4C)cc2C(F)(F)F)cc1. The summed E-state index contributed by atoms with van der Waals surface area (Å²) in [6, 6.07) is 12.5. The van der Waals surface area contributed by atoms with Crippen molar-refractivity contribution in [1.29, 1.82) is 0 Å². The number of alkyl halides is 3. The lowest BCUT2D eigenvalue weighted by molar-refractivity contribution is -0.139. The Morgan fingerprint density at radius 2 is 1.77 bits per heavy atom. The Balaban J connectivity index is 1.71. The predicted molar refractivity (Wildman–Crippen MR) is 111 cm³/mol. The number of aromatic nitrogens is 3. The summed E-state index contributed by atoms with van der Waals surface area (Å²) >= 11 is 6.01. The Morgan fingerprint density at radius 1 is 1.03 bits per heavy atom. The first-order valence-electron chi connectivity index (χ1n) is 9.22. The maximum absolute atomic E-state index is 13.8. The number of nitrogens with zero attached hydrogens (tertiary/aromatic N) is 3. The smallest absolute Gasteiger partial charge is 0.419 e. The summed E-state index contributed by atoms with van der Waals surface area (Å²) < 4.78 is 53.7. The Kier molecular flexibility index (Phi) is 5.49. The lowest BCUT2D eigenvalue weighted by Gasteiger charge is -2.16. The summed E-state index contributed by atoms with van der Waals surface area (Å²) in [6.07, 6.45) is -2.87. The van der Waals surface area contributed by atoms with Crippen molar-refractivity contribution in [2.45, 2.75) is 12.8 Å². The molecule has 0 bridgehead atoms. The molecule has 0 aliphatic heterocycles. The second-order valence-corrected chi connectivity index (χ2v) is 7.19. The van der Waals surface area contributed by atoms with Gasteiger partial charge in [0.1, 0.15) is 23.8 Å². The summed E-state index contributed by atoms with van der Waals surface area (Å²) in [5, 5.41) is 0.560. The van der Waals surface area contributed by atoms with Gasteiger partial charge in [-0.25, -0.2) is 4.98 Å². The highest BCUT2D eigenvalue weighted by atomic mass is 35.5. The van der Waals surface area contributed by atoms with Gasteiger partial charge in [-0.2, -0.15) is 18.2 Å². The molecule has 0 saturated carbocycles. The van der Waals surface area contributed by atoms with Crippen molar-refractivity contribution in [3.05, 3.63) is 71.1 Å². The van der Waals surface area contributed by atoms with Gasteiger partial charge in [-0.15, -0.1) is 0 Å². The highest BCUT2D eigenvalue weighted by molar-refractivity contribution is 6.28. The van der Waals surface area contributed by atoms with Crippen LogP contribution in [0.3, 0.4) is 0 Å². The third kappa shape index (κ3) is 4.29. The first-order chi connectivity index (χ1) is 14.8. The van der Waals surface area contributed by atoms with E-state index in [-0.39, 0.29) is 23.2 Å². The first-order valence-corrected chi connectivity index (χ1v) is 9.60. The molecule has 0 aliphatic rings. The molecule has 0 N–H and O–H groups in total. The van der Waals surface area contributed by atoms with Crippen LogP contribution >= 0.6 is 11.6 Å². The van der Waals surface area contributed by atoms with Crippen molar-refractivity contribution in [3.8, 4) is 22.8 Å². The zero-order chi connectivity index (χ0) is 22.2. The van der Waals surface area contributed by atoms with E-state index in [4.69, 9.17) is 21.1 Å². The first kappa shape index (κ1) is 21.0. The van der Waals surface area contributed by atoms with Gasteiger partial charge in [0.15, 0.2) is 0 Å². The monoisotopic (exact) mass is 447 g/mol. The minimum atomic E-state index is -4.61. The van der Waals surface area contributed by atoms with Crippen molar-refractivity contribution in [1.82, 2.24) is 14.5 Å².